The molecule has 1 aliphatic rings. The number of rotatable bonds is 4. The lowest BCUT2D eigenvalue weighted by atomic mass is 9.86. The Hall–Kier alpha value is -2.52. The predicted molar refractivity (Wildman–Crippen MR) is 103 cm³/mol. The van der Waals surface area contributed by atoms with Crippen molar-refractivity contribution in [2.75, 3.05) is 5.32 Å². The fourth-order valence-electron chi connectivity index (χ4n) is 3.73. The lowest BCUT2D eigenvalue weighted by Gasteiger charge is -2.19. The standard InChI is InChI=1S/C18H15Cl2F2N5O2/c1-18(2)4-9(10-6-24-27-7-12(20)26-14(27)13(10)18)15(28)25-8-3-11(19)16(23-5-8)29-17(21)22/h3,5-7,9,17H,4H2,1-2H3,(H,25,28). The second-order valence-electron chi connectivity index (χ2n) is 7.33. The summed E-state index contributed by atoms with van der Waals surface area (Å²) in [4.78, 5) is 21.0. The van der Waals surface area contributed by atoms with Gasteiger partial charge in [-0.2, -0.15) is 13.9 Å². The van der Waals surface area contributed by atoms with Crippen molar-refractivity contribution in [3.05, 3.63) is 46.0 Å². The van der Waals surface area contributed by atoms with Gasteiger partial charge in [-0.3, -0.25) is 4.79 Å². The van der Waals surface area contributed by atoms with Crippen LogP contribution in [0.3, 0.4) is 0 Å². The zero-order valence-corrected chi connectivity index (χ0v) is 16.8. The van der Waals surface area contributed by atoms with Gasteiger partial charge in [0.05, 0.1) is 30.2 Å². The van der Waals surface area contributed by atoms with Crippen LogP contribution in [-0.2, 0) is 10.2 Å². The molecule has 1 N–H and O–H groups in total. The number of pyridine rings is 1. The number of amides is 1. The van der Waals surface area contributed by atoms with Crippen LogP contribution in [0.25, 0.3) is 5.65 Å². The number of aromatic nitrogens is 4. The van der Waals surface area contributed by atoms with Crippen molar-refractivity contribution in [3.63, 3.8) is 0 Å². The summed E-state index contributed by atoms with van der Waals surface area (Å²) in [6.45, 7) is 1.01. The largest absolute Gasteiger partial charge is 0.415 e. The molecule has 0 bridgehead atoms. The van der Waals surface area contributed by atoms with E-state index in [0.717, 1.165) is 11.1 Å². The van der Waals surface area contributed by atoms with E-state index in [0.29, 0.717) is 17.2 Å². The van der Waals surface area contributed by atoms with Gasteiger partial charge in [0.15, 0.2) is 5.65 Å². The summed E-state index contributed by atoms with van der Waals surface area (Å²) in [5.41, 5.74) is 2.23. The number of hydrogen-bond donors (Lipinski definition) is 1. The molecule has 0 saturated carbocycles. The zero-order chi connectivity index (χ0) is 20.9. The van der Waals surface area contributed by atoms with Gasteiger partial charge >= 0.3 is 6.61 Å². The minimum atomic E-state index is -3.04. The van der Waals surface area contributed by atoms with Gasteiger partial charge in [-0.25, -0.2) is 14.5 Å². The molecule has 0 radical (unpaired) electrons. The number of carbonyl (C=O) groups excluding carboxylic acids is 1. The molecule has 3 heterocycles. The Morgan fingerprint density at radius 1 is 1.38 bits per heavy atom. The minimum Gasteiger partial charge on any atom is -0.415 e. The molecule has 3 aromatic rings. The summed E-state index contributed by atoms with van der Waals surface area (Å²) in [6.07, 6.45) is 4.99. The molecule has 0 aromatic carbocycles. The third-order valence-corrected chi connectivity index (χ3v) is 5.30. The van der Waals surface area contributed by atoms with Crippen LogP contribution in [0, 0.1) is 0 Å². The highest BCUT2D eigenvalue weighted by Gasteiger charge is 2.43. The molecule has 1 unspecified atom stereocenters. The van der Waals surface area contributed by atoms with Gasteiger partial charge in [-0.15, -0.1) is 0 Å². The number of hydrogen-bond acceptors (Lipinski definition) is 5. The Morgan fingerprint density at radius 3 is 2.83 bits per heavy atom. The molecule has 1 aliphatic carbocycles. The van der Waals surface area contributed by atoms with E-state index in [1.165, 1.54) is 12.3 Å². The Balaban J connectivity index is 1.63. The molecule has 0 fully saturated rings. The van der Waals surface area contributed by atoms with Crippen molar-refractivity contribution >= 4 is 40.4 Å². The maximum absolute atomic E-state index is 13.0. The number of ether oxygens (including phenoxy) is 1. The van der Waals surface area contributed by atoms with Crippen LogP contribution in [0.1, 0.15) is 37.3 Å². The summed E-state index contributed by atoms with van der Waals surface area (Å²) >= 11 is 11.9. The number of nitrogens with one attached hydrogen (secondary N) is 1. The first-order chi connectivity index (χ1) is 13.7. The first kappa shape index (κ1) is 19.8. The third-order valence-electron chi connectivity index (χ3n) is 4.85. The number of imidazole rings is 1. The van der Waals surface area contributed by atoms with Crippen LogP contribution >= 0.6 is 23.2 Å². The second-order valence-corrected chi connectivity index (χ2v) is 8.12. The molecule has 7 nitrogen and oxygen atoms in total. The number of carbonyl (C=O) groups is 1. The molecule has 3 aromatic heterocycles. The molecule has 11 heteroatoms. The van der Waals surface area contributed by atoms with Crippen molar-refractivity contribution in [1.29, 1.82) is 0 Å². The molecule has 29 heavy (non-hydrogen) atoms. The predicted octanol–water partition coefficient (Wildman–Crippen LogP) is 4.44. The zero-order valence-electron chi connectivity index (χ0n) is 15.3. The van der Waals surface area contributed by atoms with Gasteiger partial charge in [0.2, 0.25) is 11.8 Å². The van der Waals surface area contributed by atoms with Gasteiger partial charge in [-0.1, -0.05) is 37.0 Å². The average molecular weight is 442 g/mol. The molecule has 4 rings (SSSR count). The molecule has 0 aliphatic heterocycles. The van der Waals surface area contributed by atoms with Crippen LogP contribution in [0.15, 0.2) is 24.7 Å². The summed E-state index contributed by atoms with van der Waals surface area (Å²) in [7, 11) is 0. The topological polar surface area (TPSA) is 81.4 Å². The van der Waals surface area contributed by atoms with Gasteiger partial charge in [-0.05, 0) is 23.5 Å². The van der Waals surface area contributed by atoms with Gasteiger partial charge in [0.25, 0.3) is 0 Å². The first-order valence-corrected chi connectivity index (χ1v) is 9.37. The van der Waals surface area contributed by atoms with Crippen molar-refractivity contribution in [2.24, 2.45) is 0 Å². The SMILES string of the molecule is CC1(C)CC(C(=O)Nc2cnc(OC(F)F)c(Cl)c2)c2cnn3cc(Cl)nc3c21. The van der Waals surface area contributed by atoms with E-state index >= 15 is 0 Å². The van der Waals surface area contributed by atoms with E-state index < -0.39 is 18.4 Å². The van der Waals surface area contributed by atoms with Crippen LogP contribution < -0.4 is 10.1 Å². The molecule has 1 amide bonds. The number of halogens is 4. The Morgan fingerprint density at radius 2 is 2.14 bits per heavy atom. The smallest absolute Gasteiger partial charge is 0.388 e. The van der Waals surface area contributed by atoms with Gasteiger partial charge < -0.3 is 10.1 Å². The Bertz CT molecular complexity index is 1120. The molecule has 0 spiro atoms. The van der Waals surface area contributed by atoms with E-state index in [1.54, 1.807) is 16.9 Å². The minimum absolute atomic E-state index is 0.134. The quantitative estimate of drug-likeness (QED) is 0.647. The van der Waals surface area contributed by atoms with E-state index in [4.69, 9.17) is 23.2 Å². The van der Waals surface area contributed by atoms with Crippen molar-refractivity contribution in [3.8, 4) is 5.88 Å². The highest BCUT2D eigenvalue weighted by atomic mass is 35.5. The molecule has 0 saturated heterocycles. The van der Waals surface area contributed by atoms with E-state index in [-0.39, 0.29) is 22.0 Å². The molecular weight excluding hydrogens is 427 g/mol. The third kappa shape index (κ3) is 3.60. The first-order valence-electron chi connectivity index (χ1n) is 8.61. The molecule has 152 valence electrons. The van der Waals surface area contributed by atoms with E-state index in [2.05, 4.69) is 25.1 Å². The summed E-state index contributed by atoms with van der Waals surface area (Å²) in [5.74, 6) is -1.18. The summed E-state index contributed by atoms with van der Waals surface area (Å²) < 4.78 is 30.5. The number of anilines is 1. The normalized spacial score (nSPS) is 17.6. The molecular formula is C18H15Cl2F2N5O2. The van der Waals surface area contributed by atoms with Crippen molar-refractivity contribution in [1.82, 2.24) is 19.6 Å². The maximum atomic E-state index is 13.0. The fraction of sp³-hybridized carbons (Fsp3) is 0.333. The summed E-state index contributed by atoms with van der Waals surface area (Å²) in [6, 6.07) is 1.31. The van der Waals surface area contributed by atoms with E-state index in [1.807, 2.05) is 13.8 Å². The lowest BCUT2D eigenvalue weighted by Crippen LogP contribution is -2.21. The van der Waals surface area contributed by atoms with Crippen LogP contribution in [-0.4, -0.2) is 32.1 Å². The summed E-state index contributed by atoms with van der Waals surface area (Å²) in [5, 5.41) is 7.22. The van der Waals surface area contributed by atoms with Crippen LogP contribution in [0.5, 0.6) is 5.88 Å². The Labute approximate surface area is 174 Å². The second kappa shape index (κ2) is 7.07. The van der Waals surface area contributed by atoms with Crippen LogP contribution in [0.4, 0.5) is 14.5 Å². The van der Waals surface area contributed by atoms with Crippen molar-refractivity contribution < 1.29 is 18.3 Å². The van der Waals surface area contributed by atoms with Gasteiger partial charge in [0, 0.05) is 5.56 Å². The highest BCUT2D eigenvalue weighted by molar-refractivity contribution is 6.32. The monoisotopic (exact) mass is 441 g/mol. The fourth-order valence-corrected chi connectivity index (χ4v) is 4.11. The van der Waals surface area contributed by atoms with Gasteiger partial charge in [0.1, 0.15) is 10.2 Å². The highest BCUT2D eigenvalue weighted by Crippen LogP contribution is 2.47. The number of fused-ring (bicyclic) bond motifs is 3. The number of nitrogens with zero attached hydrogens (tertiary/aromatic N) is 4. The maximum Gasteiger partial charge on any atom is 0.388 e. The lowest BCUT2D eigenvalue weighted by molar-refractivity contribution is -0.117. The van der Waals surface area contributed by atoms with E-state index in [9.17, 15) is 13.6 Å². The van der Waals surface area contributed by atoms with Crippen LogP contribution in [0.2, 0.25) is 10.2 Å². The van der Waals surface area contributed by atoms with Crippen molar-refractivity contribution in [2.45, 2.75) is 38.2 Å². The Kier molecular flexibility index (Phi) is 4.82. The number of alkyl halides is 2. The average Bonchev–Trinajstić information content (AvgIpc) is 3.13. The molecule has 1 atom stereocenters.